The average Bonchev–Trinajstić information content (AvgIpc) is 2.98. The van der Waals surface area contributed by atoms with Gasteiger partial charge in [0.2, 0.25) is 0 Å². The number of anilines is 2. The lowest BCUT2D eigenvalue weighted by atomic mass is 10.3. The summed E-state index contributed by atoms with van der Waals surface area (Å²) in [5.74, 6) is 0.485. The number of hydrogen-bond donors (Lipinski definition) is 2. The summed E-state index contributed by atoms with van der Waals surface area (Å²) in [5, 5.41) is 9.82. The van der Waals surface area contributed by atoms with Crippen molar-refractivity contribution in [2.75, 3.05) is 10.6 Å². The Balaban J connectivity index is 1.61. The summed E-state index contributed by atoms with van der Waals surface area (Å²) in [7, 11) is 0. The Labute approximate surface area is 139 Å². The first-order valence-corrected chi connectivity index (χ1v) is 7.55. The summed E-state index contributed by atoms with van der Waals surface area (Å²) in [5.41, 5.74) is 3.45. The molecule has 0 saturated carbocycles. The predicted molar refractivity (Wildman–Crippen MR) is 91.9 cm³/mol. The average molecular weight is 322 g/mol. The summed E-state index contributed by atoms with van der Waals surface area (Å²) < 4.78 is 1.75. The normalized spacial score (nSPS) is 10.4. The second kappa shape index (κ2) is 6.91. The lowest BCUT2D eigenvalue weighted by Gasteiger charge is -2.08. The Bertz CT molecular complexity index is 843. The van der Waals surface area contributed by atoms with Crippen LogP contribution in [0.2, 0.25) is 0 Å². The number of hydrogen-bond acceptors (Lipinski definition) is 4. The number of urea groups is 1. The van der Waals surface area contributed by atoms with E-state index in [0.29, 0.717) is 18.1 Å². The molecule has 0 unspecified atom stereocenters. The van der Waals surface area contributed by atoms with Gasteiger partial charge in [0.05, 0.1) is 17.9 Å². The summed E-state index contributed by atoms with van der Waals surface area (Å²) >= 11 is 0. The molecule has 0 bridgehead atoms. The molecule has 7 nitrogen and oxygen atoms in total. The van der Waals surface area contributed by atoms with E-state index in [-0.39, 0.29) is 6.03 Å². The highest BCUT2D eigenvalue weighted by Gasteiger charge is 2.08. The topological polar surface area (TPSA) is 84.7 Å². The molecule has 0 atom stereocenters. The van der Waals surface area contributed by atoms with E-state index in [2.05, 4.69) is 25.7 Å². The van der Waals surface area contributed by atoms with Gasteiger partial charge in [-0.05, 0) is 43.7 Å². The zero-order valence-electron chi connectivity index (χ0n) is 13.5. The van der Waals surface area contributed by atoms with Gasteiger partial charge in [-0.25, -0.2) is 4.79 Å². The number of carbonyl (C=O) groups excluding carboxylic acids is 1. The van der Waals surface area contributed by atoms with Crippen LogP contribution in [0, 0.1) is 13.8 Å². The molecule has 3 aromatic rings. The standard InChI is InChI=1S/C17H18N6O/c1-12-3-4-15(13(2)19-12)20-17(24)21-16-7-10-23(22-16)11-14-5-8-18-9-6-14/h3-10H,11H2,1-2H3,(H2,20,21,22,24). The molecule has 24 heavy (non-hydrogen) atoms. The molecular weight excluding hydrogens is 304 g/mol. The second-order valence-electron chi connectivity index (χ2n) is 5.42. The lowest BCUT2D eigenvalue weighted by molar-refractivity contribution is 0.262. The number of aryl methyl sites for hydroxylation is 2. The van der Waals surface area contributed by atoms with Crippen LogP contribution < -0.4 is 10.6 Å². The fourth-order valence-electron chi connectivity index (χ4n) is 2.28. The smallest absolute Gasteiger partial charge is 0.306 e. The Morgan fingerprint density at radius 3 is 2.62 bits per heavy atom. The van der Waals surface area contributed by atoms with E-state index in [9.17, 15) is 4.79 Å². The molecule has 0 saturated heterocycles. The van der Waals surface area contributed by atoms with E-state index in [1.165, 1.54) is 0 Å². The minimum Gasteiger partial charge on any atom is -0.306 e. The molecule has 0 aliphatic heterocycles. The van der Waals surface area contributed by atoms with Crippen LogP contribution in [0.5, 0.6) is 0 Å². The van der Waals surface area contributed by atoms with Crippen LogP contribution >= 0.6 is 0 Å². The summed E-state index contributed by atoms with van der Waals surface area (Å²) in [6, 6.07) is 8.94. The first-order chi connectivity index (χ1) is 11.6. The van der Waals surface area contributed by atoms with Crippen LogP contribution in [-0.2, 0) is 6.54 Å². The number of nitrogens with zero attached hydrogens (tertiary/aromatic N) is 4. The minimum atomic E-state index is -0.349. The third-order valence-corrected chi connectivity index (χ3v) is 3.45. The van der Waals surface area contributed by atoms with Gasteiger partial charge in [0.15, 0.2) is 5.82 Å². The molecule has 0 spiro atoms. The van der Waals surface area contributed by atoms with E-state index >= 15 is 0 Å². The number of pyridine rings is 2. The molecule has 0 aliphatic carbocycles. The van der Waals surface area contributed by atoms with Crippen LogP contribution in [0.1, 0.15) is 17.0 Å². The van der Waals surface area contributed by atoms with Gasteiger partial charge in [-0.15, -0.1) is 0 Å². The third-order valence-electron chi connectivity index (χ3n) is 3.45. The van der Waals surface area contributed by atoms with Crippen molar-refractivity contribution in [3.63, 3.8) is 0 Å². The van der Waals surface area contributed by atoms with Crippen LogP contribution in [0.15, 0.2) is 48.9 Å². The van der Waals surface area contributed by atoms with Crippen molar-refractivity contribution in [3.8, 4) is 0 Å². The SMILES string of the molecule is Cc1ccc(NC(=O)Nc2ccn(Cc3ccncc3)n2)c(C)n1. The number of carbonyl (C=O) groups is 1. The van der Waals surface area contributed by atoms with Gasteiger partial charge in [0.1, 0.15) is 0 Å². The van der Waals surface area contributed by atoms with E-state index < -0.39 is 0 Å². The van der Waals surface area contributed by atoms with Gasteiger partial charge < -0.3 is 5.32 Å². The molecule has 3 heterocycles. The summed E-state index contributed by atoms with van der Waals surface area (Å²) in [4.78, 5) is 20.4. The number of rotatable bonds is 4. The molecule has 3 aromatic heterocycles. The van der Waals surface area contributed by atoms with Crippen molar-refractivity contribution in [1.29, 1.82) is 0 Å². The zero-order chi connectivity index (χ0) is 16.9. The molecule has 3 rings (SSSR count). The highest BCUT2D eigenvalue weighted by molar-refractivity contribution is 5.99. The van der Waals surface area contributed by atoms with Gasteiger partial charge in [-0.2, -0.15) is 5.10 Å². The first-order valence-electron chi connectivity index (χ1n) is 7.55. The molecule has 7 heteroatoms. The Hall–Kier alpha value is -3.22. The van der Waals surface area contributed by atoms with Gasteiger partial charge in [0.25, 0.3) is 0 Å². The Kier molecular flexibility index (Phi) is 4.51. The number of nitrogens with one attached hydrogen (secondary N) is 2. The highest BCUT2D eigenvalue weighted by Crippen LogP contribution is 2.13. The molecular formula is C17H18N6O. The summed E-state index contributed by atoms with van der Waals surface area (Å²) in [6.07, 6.45) is 5.29. The largest absolute Gasteiger partial charge is 0.324 e. The summed E-state index contributed by atoms with van der Waals surface area (Å²) in [6.45, 7) is 4.38. The second-order valence-corrected chi connectivity index (χ2v) is 5.42. The fourth-order valence-corrected chi connectivity index (χ4v) is 2.28. The maximum absolute atomic E-state index is 12.1. The lowest BCUT2D eigenvalue weighted by Crippen LogP contribution is -2.20. The van der Waals surface area contributed by atoms with Gasteiger partial charge >= 0.3 is 6.03 Å². The van der Waals surface area contributed by atoms with Gasteiger partial charge in [0, 0.05) is 30.4 Å². The molecule has 0 fully saturated rings. The van der Waals surface area contributed by atoms with Crippen molar-refractivity contribution in [2.45, 2.75) is 20.4 Å². The molecule has 0 aromatic carbocycles. The predicted octanol–water partition coefficient (Wildman–Crippen LogP) is 2.98. The van der Waals surface area contributed by atoms with E-state index in [4.69, 9.17) is 0 Å². The Morgan fingerprint density at radius 2 is 1.88 bits per heavy atom. The molecule has 2 N–H and O–H groups in total. The number of amides is 2. The number of aromatic nitrogens is 4. The maximum Gasteiger partial charge on any atom is 0.324 e. The monoisotopic (exact) mass is 322 g/mol. The van der Waals surface area contributed by atoms with Crippen molar-refractivity contribution < 1.29 is 4.79 Å². The Morgan fingerprint density at radius 1 is 1.08 bits per heavy atom. The van der Waals surface area contributed by atoms with E-state index in [1.807, 2.05) is 44.3 Å². The van der Waals surface area contributed by atoms with Crippen LogP contribution in [-0.4, -0.2) is 25.8 Å². The van der Waals surface area contributed by atoms with Crippen molar-refractivity contribution in [2.24, 2.45) is 0 Å². The van der Waals surface area contributed by atoms with Crippen LogP contribution in [0.25, 0.3) is 0 Å². The molecule has 0 aliphatic rings. The molecule has 0 radical (unpaired) electrons. The maximum atomic E-state index is 12.1. The van der Waals surface area contributed by atoms with Crippen molar-refractivity contribution in [1.82, 2.24) is 19.7 Å². The quantitative estimate of drug-likeness (QED) is 0.773. The van der Waals surface area contributed by atoms with Crippen LogP contribution in [0.3, 0.4) is 0 Å². The fraction of sp³-hybridized carbons (Fsp3) is 0.176. The minimum absolute atomic E-state index is 0.349. The van der Waals surface area contributed by atoms with E-state index in [0.717, 1.165) is 17.0 Å². The zero-order valence-corrected chi connectivity index (χ0v) is 13.5. The van der Waals surface area contributed by atoms with Crippen LogP contribution in [0.4, 0.5) is 16.3 Å². The van der Waals surface area contributed by atoms with Gasteiger partial charge in [-0.1, -0.05) is 0 Å². The van der Waals surface area contributed by atoms with Crippen molar-refractivity contribution in [3.05, 3.63) is 65.9 Å². The molecule has 122 valence electrons. The van der Waals surface area contributed by atoms with E-state index in [1.54, 1.807) is 23.1 Å². The third kappa shape index (κ3) is 3.95. The molecule has 2 amide bonds. The van der Waals surface area contributed by atoms with Gasteiger partial charge in [-0.3, -0.25) is 20.0 Å². The highest BCUT2D eigenvalue weighted by atomic mass is 16.2. The van der Waals surface area contributed by atoms with Crippen molar-refractivity contribution >= 4 is 17.5 Å². The first kappa shape index (κ1) is 15.7.